The zero-order chi connectivity index (χ0) is 49.5. The van der Waals surface area contributed by atoms with Crippen molar-refractivity contribution in [2.24, 2.45) is 0 Å². The Balaban J connectivity index is 1.10. The summed E-state index contributed by atoms with van der Waals surface area (Å²) >= 11 is 0. The van der Waals surface area contributed by atoms with E-state index in [0.29, 0.717) is 22.7 Å². The number of aromatic nitrogens is 4. The molecular weight excluding hydrogens is 887 g/mol. The lowest BCUT2D eigenvalue weighted by Crippen LogP contribution is -2.54. The highest BCUT2D eigenvalue weighted by molar-refractivity contribution is 5.88. The number of alkyl carbamates (subject to hydrolysis) is 2. The maximum absolute atomic E-state index is 14.0. The summed E-state index contributed by atoms with van der Waals surface area (Å²) in [5.74, 6) is 0.221. The third-order valence-corrected chi connectivity index (χ3v) is 14.1. The van der Waals surface area contributed by atoms with Crippen molar-refractivity contribution >= 4 is 51.8 Å². The third-order valence-electron chi connectivity index (χ3n) is 14.1. The highest BCUT2D eigenvalue weighted by Crippen LogP contribution is 2.48. The first-order valence-corrected chi connectivity index (χ1v) is 23.5. The second kappa shape index (κ2) is 20.0. The average Bonchev–Trinajstić information content (AvgIpc) is 4.20. The van der Waals surface area contributed by atoms with Gasteiger partial charge in [-0.05, 0) is 85.2 Å². The quantitative estimate of drug-likeness (QED) is 0.0844. The zero-order valence-corrected chi connectivity index (χ0v) is 40.7. The number of anilines is 1. The van der Waals surface area contributed by atoms with E-state index in [1.54, 1.807) is 23.6 Å². The van der Waals surface area contributed by atoms with Crippen molar-refractivity contribution < 1.29 is 48.3 Å². The van der Waals surface area contributed by atoms with Crippen LogP contribution in [0.1, 0.15) is 113 Å². The normalized spacial score (nSPS) is 23.6. The summed E-state index contributed by atoms with van der Waals surface area (Å²) in [4.78, 5) is 74.9. The topological polar surface area (TPSA) is 237 Å². The van der Waals surface area contributed by atoms with Crippen molar-refractivity contribution in [1.82, 2.24) is 40.4 Å². The Hall–Kier alpha value is -6.28. The minimum absolute atomic E-state index is 0.0349. The number of aliphatic hydroxyl groups excluding tert-OH is 2. The van der Waals surface area contributed by atoms with E-state index >= 15 is 0 Å². The number of likely N-dealkylation sites (tertiary alicyclic amines) is 2. The molecule has 0 saturated carbocycles. The molecule has 0 aliphatic carbocycles. The highest BCUT2D eigenvalue weighted by Gasteiger charge is 2.44. The minimum Gasteiger partial charge on any atom is -0.453 e. The Morgan fingerprint density at radius 2 is 1.07 bits per heavy atom. The lowest BCUT2D eigenvalue weighted by Gasteiger charge is -2.34. The smallest absolute Gasteiger partial charge is 0.407 e. The Morgan fingerprint density at radius 3 is 1.45 bits per heavy atom. The van der Waals surface area contributed by atoms with Crippen LogP contribution in [0, 0.1) is 0 Å². The van der Waals surface area contributed by atoms with Gasteiger partial charge in [-0.15, -0.1) is 0 Å². The number of nitrogens with one attached hydrogen (secondary N) is 4. The summed E-state index contributed by atoms with van der Waals surface area (Å²) in [6.45, 7) is 10.1. The highest BCUT2D eigenvalue weighted by atomic mass is 16.5. The number of benzene rings is 3. The number of ether oxygens (including phenoxy) is 4. The van der Waals surface area contributed by atoms with Gasteiger partial charge in [-0.25, -0.2) is 19.6 Å². The number of rotatable bonds is 13. The van der Waals surface area contributed by atoms with E-state index in [2.05, 4.69) is 94.8 Å². The number of carbonyl (C=O) groups is 4. The van der Waals surface area contributed by atoms with Crippen LogP contribution in [0.3, 0.4) is 0 Å². The van der Waals surface area contributed by atoms with Gasteiger partial charge < -0.3 is 64.5 Å². The summed E-state index contributed by atoms with van der Waals surface area (Å²) in [6, 6.07) is 17.9. The molecule has 1 unspecified atom stereocenters. The van der Waals surface area contributed by atoms with Gasteiger partial charge in [0.25, 0.3) is 0 Å². The van der Waals surface area contributed by atoms with Crippen LogP contribution in [0.2, 0.25) is 0 Å². The average molecular weight is 952 g/mol. The third kappa shape index (κ3) is 9.95. The number of nitrogens with zero attached hydrogens (tertiary/aromatic N) is 5. The van der Waals surface area contributed by atoms with Crippen molar-refractivity contribution in [3.8, 4) is 0 Å². The summed E-state index contributed by atoms with van der Waals surface area (Å²) in [6.07, 6.45) is -2.27. The molecule has 6 N–H and O–H groups in total. The number of carbonyl (C=O) groups excluding carboxylic acids is 4. The van der Waals surface area contributed by atoms with Gasteiger partial charge in [0.1, 0.15) is 23.7 Å². The molecule has 3 saturated heterocycles. The maximum atomic E-state index is 14.0. The van der Waals surface area contributed by atoms with Gasteiger partial charge in [-0.2, -0.15) is 0 Å². The lowest BCUT2D eigenvalue weighted by atomic mass is 9.87. The number of hydrogen-bond acceptors (Lipinski definition) is 13. The van der Waals surface area contributed by atoms with Crippen LogP contribution in [0.25, 0.3) is 22.1 Å². The van der Waals surface area contributed by atoms with E-state index in [1.807, 2.05) is 12.1 Å². The SMILES string of the molecule is COC(=O)N[C@H](C(=O)N1C[C@@H](O)C[C@H]1c1nc2ccc(C3CC[C@H](c4ccc5nc([C@@H]6C[C@H](O)CN6C(=O)[C@@H](NC(=O)OC)[C@@H](C)OC)[nH]c5c4)N3c3ccc(C(C)(C)C)cc3)cc2[nH]1)[C@@H](C)OC. The first-order chi connectivity index (χ1) is 32.9. The summed E-state index contributed by atoms with van der Waals surface area (Å²) < 4.78 is 20.5. The molecule has 3 aliphatic rings. The molecule has 3 fully saturated rings. The van der Waals surface area contributed by atoms with Gasteiger partial charge in [0, 0.05) is 45.8 Å². The van der Waals surface area contributed by atoms with Crippen molar-refractivity contribution in [3.63, 3.8) is 0 Å². The first kappa shape index (κ1) is 49.2. The van der Waals surface area contributed by atoms with Gasteiger partial charge in [-0.3, -0.25) is 9.59 Å². The van der Waals surface area contributed by atoms with Gasteiger partial charge in [0.15, 0.2) is 0 Å². The second-order valence-corrected chi connectivity index (χ2v) is 19.5. The molecule has 5 heterocycles. The number of aliphatic hydroxyl groups is 2. The number of methoxy groups -OCH3 is 4. The molecule has 10 atom stereocenters. The Morgan fingerprint density at radius 1 is 0.652 bits per heavy atom. The van der Waals surface area contributed by atoms with Crippen molar-refractivity contribution in [2.45, 2.75) is 126 Å². The monoisotopic (exact) mass is 951 g/mol. The molecule has 3 aliphatic heterocycles. The second-order valence-electron chi connectivity index (χ2n) is 19.5. The molecule has 19 heteroatoms. The van der Waals surface area contributed by atoms with Crippen molar-refractivity contribution in [1.29, 1.82) is 0 Å². The minimum atomic E-state index is -1.05. The van der Waals surface area contributed by atoms with E-state index in [4.69, 9.17) is 28.9 Å². The number of fused-ring (bicyclic) bond motifs is 2. The van der Waals surface area contributed by atoms with Crippen molar-refractivity contribution in [2.75, 3.05) is 46.4 Å². The molecule has 0 spiro atoms. The Labute approximate surface area is 401 Å². The molecule has 19 nitrogen and oxygen atoms in total. The number of imidazole rings is 2. The number of aromatic amines is 2. The van der Waals surface area contributed by atoms with Gasteiger partial charge in [0.05, 0.1) is 84.9 Å². The van der Waals surface area contributed by atoms with Gasteiger partial charge in [-0.1, -0.05) is 45.0 Å². The molecular formula is C50H65N9O10. The van der Waals surface area contributed by atoms with Gasteiger partial charge in [0.2, 0.25) is 11.8 Å². The summed E-state index contributed by atoms with van der Waals surface area (Å²) in [5, 5.41) is 26.9. The molecule has 5 aromatic rings. The Bertz CT molecular complexity index is 2510. The van der Waals surface area contributed by atoms with Crippen LogP contribution < -0.4 is 15.5 Å². The molecule has 8 rings (SSSR count). The first-order valence-electron chi connectivity index (χ1n) is 23.5. The largest absolute Gasteiger partial charge is 0.453 e. The van der Waals surface area contributed by atoms with E-state index < -0.39 is 72.6 Å². The van der Waals surface area contributed by atoms with E-state index in [-0.39, 0.29) is 43.4 Å². The van der Waals surface area contributed by atoms with Crippen LogP contribution in [-0.2, 0) is 34.0 Å². The predicted octanol–water partition coefficient (Wildman–Crippen LogP) is 5.61. The van der Waals surface area contributed by atoms with Crippen LogP contribution in [-0.4, -0.2) is 142 Å². The van der Waals surface area contributed by atoms with Crippen LogP contribution >= 0.6 is 0 Å². The number of amides is 4. The van der Waals surface area contributed by atoms with Gasteiger partial charge >= 0.3 is 12.2 Å². The molecule has 69 heavy (non-hydrogen) atoms. The van der Waals surface area contributed by atoms with E-state index in [9.17, 15) is 29.4 Å². The number of H-pyrrole nitrogens is 2. The fourth-order valence-corrected chi connectivity index (χ4v) is 10.2. The van der Waals surface area contributed by atoms with Crippen molar-refractivity contribution in [3.05, 3.63) is 89.0 Å². The fraction of sp³-hybridized carbons (Fsp3) is 0.520. The molecule has 3 aromatic carbocycles. The van der Waals surface area contributed by atoms with E-state index in [1.165, 1.54) is 34.0 Å². The summed E-state index contributed by atoms with van der Waals surface area (Å²) in [5.41, 5.74) is 7.41. The number of β-amino-alcohol motifs (C(OH)–C–C–N with tert-alkyl or cyclic N) is 2. The van der Waals surface area contributed by atoms with E-state index in [0.717, 1.165) is 40.7 Å². The molecule has 370 valence electrons. The lowest BCUT2D eigenvalue weighted by molar-refractivity contribution is -0.138. The summed E-state index contributed by atoms with van der Waals surface area (Å²) in [7, 11) is 5.37. The fourth-order valence-electron chi connectivity index (χ4n) is 10.2. The maximum Gasteiger partial charge on any atom is 0.407 e. The molecule has 0 radical (unpaired) electrons. The van der Waals surface area contributed by atoms with Crippen LogP contribution in [0.5, 0.6) is 0 Å². The van der Waals surface area contributed by atoms with Crippen LogP contribution in [0.4, 0.5) is 15.3 Å². The van der Waals surface area contributed by atoms with Crippen LogP contribution in [0.15, 0.2) is 60.7 Å². The Kier molecular flexibility index (Phi) is 14.2. The molecule has 0 bridgehead atoms. The number of hydrogen-bond donors (Lipinski definition) is 6. The zero-order valence-electron chi connectivity index (χ0n) is 40.7. The predicted molar refractivity (Wildman–Crippen MR) is 256 cm³/mol. The molecule has 4 amide bonds. The molecule has 2 aromatic heterocycles. The standard InChI is InChI=1S/C50H65N9O10/c1-26(66-6)42(55-48(64)68-8)46(62)57-24-32(60)22-40(57)44-51-34-16-10-28(20-36(34)53-44)38-18-19-39(59(38)31-14-12-30(13-15-31)50(3,4)5)29-11-17-35-37(21-29)54-45(52-35)41-23-33(61)25-58(41)47(63)43(27(2)67-7)56-49(65)69-9/h10-17,20-21,26-27,32-33,38-43,60-61H,18-19,22-25H2,1-9H3,(H,51,53)(H,52,54)(H,55,64)(H,56,65)/t26-,27-,32+,33+,38-,39?,40+,41+,42+,43+/m1/s1.